The molecule has 0 radical (unpaired) electrons. The van der Waals surface area contributed by atoms with Crippen LogP contribution >= 0.6 is 0 Å². The Morgan fingerprint density at radius 1 is 1.27 bits per heavy atom. The molecule has 15 heavy (non-hydrogen) atoms. The van der Waals surface area contributed by atoms with E-state index in [1.165, 1.54) is 19.3 Å². The first-order valence-electron chi connectivity index (χ1n) is 6.13. The van der Waals surface area contributed by atoms with E-state index in [-0.39, 0.29) is 17.5 Å². The van der Waals surface area contributed by atoms with Crippen LogP contribution in [-0.4, -0.2) is 12.1 Å². The third-order valence-electron chi connectivity index (χ3n) is 3.63. The van der Waals surface area contributed by atoms with Gasteiger partial charge in [-0.05, 0) is 42.9 Å². The molecule has 2 nitrogen and oxygen atoms in total. The van der Waals surface area contributed by atoms with Gasteiger partial charge in [0.05, 0.1) is 6.42 Å². The number of hydrogen-bond acceptors (Lipinski definition) is 2. The lowest BCUT2D eigenvalue weighted by Gasteiger charge is -2.24. The summed E-state index contributed by atoms with van der Waals surface area (Å²) in [7, 11) is 0. The minimum absolute atomic E-state index is 0.0000463. The lowest BCUT2D eigenvalue weighted by Crippen LogP contribution is -2.26. The van der Waals surface area contributed by atoms with Gasteiger partial charge in [0.2, 0.25) is 0 Å². The van der Waals surface area contributed by atoms with Gasteiger partial charge < -0.3 is 4.74 Å². The molecule has 2 saturated carbocycles. The van der Waals surface area contributed by atoms with Crippen molar-refractivity contribution >= 4 is 5.97 Å². The fraction of sp³-hybridized carbons (Fsp3) is 0.923. The molecule has 0 aromatic heterocycles. The number of hydrogen-bond donors (Lipinski definition) is 0. The molecule has 0 aromatic carbocycles. The molecule has 0 aliphatic heterocycles. The van der Waals surface area contributed by atoms with Gasteiger partial charge in [-0.2, -0.15) is 0 Å². The lowest BCUT2D eigenvalue weighted by molar-refractivity contribution is -0.153. The summed E-state index contributed by atoms with van der Waals surface area (Å²) in [5.41, 5.74) is 0.0503. The molecule has 2 bridgehead atoms. The Kier molecular flexibility index (Phi) is 2.78. The SMILES string of the molecule is CC(C)(C)CC(=O)OC1CC2CCC1C2. The fourth-order valence-electron chi connectivity index (χ4n) is 2.97. The summed E-state index contributed by atoms with van der Waals surface area (Å²) in [6.45, 7) is 6.24. The van der Waals surface area contributed by atoms with Gasteiger partial charge in [0.1, 0.15) is 6.10 Å². The van der Waals surface area contributed by atoms with Gasteiger partial charge in [-0.3, -0.25) is 4.79 Å². The third kappa shape index (κ3) is 2.73. The summed E-state index contributed by atoms with van der Waals surface area (Å²) in [6, 6.07) is 0. The van der Waals surface area contributed by atoms with Crippen LogP contribution in [0.5, 0.6) is 0 Å². The van der Waals surface area contributed by atoms with Crippen LogP contribution in [0.2, 0.25) is 0 Å². The maximum absolute atomic E-state index is 11.7. The zero-order valence-electron chi connectivity index (χ0n) is 10.1. The Hall–Kier alpha value is -0.530. The van der Waals surface area contributed by atoms with E-state index in [2.05, 4.69) is 20.8 Å². The van der Waals surface area contributed by atoms with Gasteiger partial charge in [0.15, 0.2) is 0 Å². The number of rotatable bonds is 2. The maximum Gasteiger partial charge on any atom is 0.306 e. The van der Waals surface area contributed by atoms with Gasteiger partial charge in [-0.1, -0.05) is 20.8 Å². The summed E-state index contributed by atoms with van der Waals surface area (Å²) in [6.07, 6.45) is 5.85. The summed E-state index contributed by atoms with van der Waals surface area (Å²) < 4.78 is 5.58. The number of ether oxygens (including phenoxy) is 1. The molecule has 3 unspecified atom stereocenters. The molecule has 0 N–H and O–H groups in total. The first-order chi connectivity index (χ1) is 6.94. The van der Waals surface area contributed by atoms with E-state index >= 15 is 0 Å². The predicted molar refractivity (Wildman–Crippen MR) is 59.4 cm³/mol. The van der Waals surface area contributed by atoms with Crippen molar-refractivity contribution in [2.75, 3.05) is 0 Å². The molecule has 0 spiro atoms. The smallest absolute Gasteiger partial charge is 0.306 e. The van der Waals surface area contributed by atoms with E-state index < -0.39 is 0 Å². The van der Waals surface area contributed by atoms with Crippen LogP contribution in [-0.2, 0) is 9.53 Å². The van der Waals surface area contributed by atoms with E-state index in [1.54, 1.807) is 0 Å². The predicted octanol–water partition coefficient (Wildman–Crippen LogP) is 3.15. The molecular weight excluding hydrogens is 188 g/mol. The van der Waals surface area contributed by atoms with Crippen molar-refractivity contribution in [3.8, 4) is 0 Å². The van der Waals surface area contributed by atoms with E-state index in [9.17, 15) is 4.79 Å². The highest BCUT2D eigenvalue weighted by atomic mass is 16.5. The van der Waals surface area contributed by atoms with Crippen molar-refractivity contribution in [2.24, 2.45) is 17.3 Å². The van der Waals surface area contributed by atoms with Crippen molar-refractivity contribution in [1.29, 1.82) is 0 Å². The van der Waals surface area contributed by atoms with Gasteiger partial charge in [0.25, 0.3) is 0 Å². The summed E-state index contributed by atoms with van der Waals surface area (Å²) in [5.74, 6) is 1.53. The van der Waals surface area contributed by atoms with Gasteiger partial charge in [-0.15, -0.1) is 0 Å². The fourth-order valence-corrected chi connectivity index (χ4v) is 2.97. The summed E-state index contributed by atoms with van der Waals surface area (Å²) >= 11 is 0. The van der Waals surface area contributed by atoms with Gasteiger partial charge >= 0.3 is 5.97 Å². The van der Waals surface area contributed by atoms with Crippen LogP contribution in [0.15, 0.2) is 0 Å². The maximum atomic E-state index is 11.7. The van der Waals surface area contributed by atoms with Crippen molar-refractivity contribution in [3.05, 3.63) is 0 Å². The van der Waals surface area contributed by atoms with Crippen LogP contribution in [0, 0.1) is 17.3 Å². The molecule has 2 rings (SSSR count). The largest absolute Gasteiger partial charge is 0.462 e. The number of fused-ring (bicyclic) bond motifs is 2. The van der Waals surface area contributed by atoms with Crippen LogP contribution in [0.25, 0.3) is 0 Å². The van der Waals surface area contributed by atoms with Crippen LogP contribution in [0.1, 0.15) is 52.9 Å². The van der Waals surface area contributed by atoms with Gasteiger partial charge in [-0.25, -0.2) is 0 Å². The van der Waals surface area contributed by atoms with Crippen LogP contribution in [0.3, 0.4) is 0 Å². The van der Waals surface area contributed by atoms with E-state index in [1.807, 2.05) is 0 Å². The minimum Gasteiger partial charge on any atom is -0.462 e. The second-order valence-electron chi connectivity index (χ2n) is 6.44. The van der Waals surface area contributed by atoms with Crippen molar-refractivity contribution in [3.63, 3.8) is 0 Å². The minimum atomic E-state index is 0.0000463. The average Bonchev–Trinajstić information content (AvgIpc) is 2.60. The second kappa shape index (κ2) is 3.80. The van der Waals surface area contributed by atoms with E-state index in [4.69, 9.17) is 4.74 Å². The Labute approximate surface area is 92.4 Å². The van der Waals surface area contributed by atoms with E-state index in [0.717, 1.165) is 12.3 Å². The molecule has 0 aromatic rings. The normalized spacial score (nSPS) is 34.5. The molecule has 3 atom stereocenters. The van der Waals surface area contributed by atoms with Crippen molar-refractivity contribution in [2.45, 2.75) is 59.0 Å². The van der Waals surface area contributed by atoms with E-state index in [0.29, 0.717) is 12.3 Å². The molecule has 86 valence electrons. The quantitative estimate of drug-likeness (QED) is 0.654. The number of esters is 1. The second-order valence-corrected chi connectivity index (χ2v) is 6.44. The summed E-state index contributed by atoms with van der Waals surface area (Å²) in [5, 5.41) is 0. The Morgan fingerprint density at radius 3 is 2.47 bits per heavy atom. The lowest BCUT2D eigenvalue weighted by atomic mass is 9.92. The molecule has 2 fully saturated rings. The molecule has 2 aliphatic carbocycles. The number of carbonyl (C=O) groups excluding carboxylic acids is 1. The van der Waals surface area contributed by atoms with Crippen molar-refractivity contribution < 1.29 is 9.53 Å². The first kappa shape index (κ1) is 11.0. The monoisotopic (exact) mass is 210 g/mol. The molecule has 0 saturated heterocycles. The molecule has 2 heteroatoms. The molecular formula is C13H22O2. The zero-order chi connectivity index (χ0) is 11.1. The number of carbonyl (C=O) groups is 1. The van der Waals surface area contributed by atoms with Crippen LogP contribution in [0.4, 0.5) is 0 Å². The molecule has 0 amide bonds. The average molecular weight is 210 g/mol. The zero-order valence-corrected chi connectivity index (χ0v) is 10.1. The summed E-state index contributed by atoms with van der Waals surface area (Å²) in [4.78, 5) is 11.7. The first-order valence-corrected chi connectivity index (χ1v) is 6.13. The Morgan fingerprint density at radius 2 is 2.00 bits per heavy atom. The van der Waals surface area contributed by atoms with Crippen molar-refractivity contribution in [1.82, 2.24) is 0 Å². The molecule has 2 aliphatic rings. The Balaban J connectivity index is 1.80. The highest BCUT2D eigenvalue weighted by Gasteiger charge is 2.41. The van der Waals surface area contributed by atoms with Crippen LogP contribution < -0.4 is 0 Å². The highest BCUT2D eigenvalue weighted by molar-refractivity contribution is 5.70. The highest BCUT2D eigenvalue weighted by Crippen LogP contribution is 2.46. The molecule has 0 heterocycles. The van der Waals surface area contributed by atoms with Gasteiger partial charge in [0, 0.05) is 0 Å². The Bertz CT molecular complexity index is 252. The standard InChI is InChI=1S/C13H22O2/c1-13(2,3)8-12(14)15-11-7-9-4-5-10(11)6-9/h9-11H,4-8H2,1-3H3. The topological polar surface area (TPSA) is 26.3 Å². The third-order valence-corrected chi connectivity index (χ3v) is 3.63.